The summed E-state index contributed by atoms with van der Waals surface area (Å²) >= 11 is 6.01. The van der Waals surface area contributed by atoms with Crippen LogP contribution in [0.25, 0.3) is 0 Å². The standard InChI is InChI=1S/C18H17ClFN3O2S/c1-12-6-7-18(13(2)8-12)26(24,25)22-14-9-21-23(10-14)11-15-16(19)4-3-5-17(15)20/h3-10,22H,11H2,1-2H3. The molecule has 0 aliphatic carbocycles. The van der Waals surface area contributed by atoms with Crippen molar-refractivity contribution in [3.8, 4) is 0 Å². The lowest BCUT2D eigenvalue weighted by Gasteiger charge is -2.09. The van der Waals surface area contributed by atoms with Crippen molar-refractivity contribution in [1.82, 2.24) is 9.78 Å². The van der Waals surface area contributed by atoms with E-state index in [1.165, 1.54) is 29.2 Å². The van der Waals surface area contributed by atoms with E-state index in [1.54, 1.807) is 31.2 Å². The third-order valence-corrected chi connectivity index (χ3v) is 5.78. The number of halogens is 2. The van der Waals surface area contributed by atoms with E-state index >= 15 is 0 Å². The van der Waals surface area contributed by atoms with Crippen LogP contribution in [0.1, 0.15) is 16.7 Å². The van der Waals surface area contributed by atoms with E-state index in [-0.39, 0.29) is 22.2 Å². The van der Waals surface area contributed by atoms with E-state index in [9.17, 15) is 12.8 Å². The number of nitrogens with zero attached hydrogens (tertiary/aromatic N) is 2. The second kappa shape index (κ2) is 7.09. The second-order valence-electron chi connectivity index (χ2n) is 6.00. The van der Waals surface area contributed by atoms with Crippen LogP contribution in [0, 0.1) is 19.7 Å². The minimum atomic E-state index is -3.74. The zero-order chi connectivity index (χ0) is 18.9. The Morgan fingerprint density at radius 2 is 2.00 bits per heavy atom. The maximum Gasteiger partial charge on any atom is 0.262 e. The molecule has 8 heteroatoms. The molecule has 1 aromatic heterocycles. The lowest BCUT2D eigenvalue weighted by atomic mass is 10.2. The average molecular weight is 394 g/mol. The Kier molecular flexibility index (Phi) is 5.02. The van der Waals surface area contributed by atoms with Crippen LogP contribution in [0.2, 0.25) is 5.02 Å². The highest BCUT2D eigenvalue weighted by Gasteiger charge is 2.18. The Labute approximate surface area is 156 Å². The van der Waals surface area contributed by atoms with Crippen molar-refractivity contribution in [3.63, 3.8) is 0 Å². The smallest absolute Gasteiger partial charge is 0.262 e. The number of anilines is 1. The van der Waals surface area contributed by atoms with Crippen molar-refractivity contribution in [3.05, 3.63) is 76.3 Å². The van der Waals surface area contributed by atoms with Crippen LogP contribution < -0.4 is 4.72 Å². The highest BCUT2D eigenvalue weighted by molar-refractivity contribution is 7.92. The summed E-state index contributed by atoms with van der Waals surface area (Å²) in [6.45, 7) is 3.73. The first-order valence-corrected chi connectivity index (χ1v) is 9.68. The minimum absolute atomic E-state index is 0.0940. The van der Waals surface area contributed by atoms with Gasteiger partial charge in [-0.1, -0.05) is 35.4 Å². The summed E-state index contributed by atoms with van der Waals surface area (Å²) in [6.07, 6.45) is 2.86. The molecule has 0 unspecified atom stereocenters. The molecule has 5 nitrogen and oxygen atoms in total. The number of sulfonamides is 1. The van der Waals surface area contributed by atoms with Crippen molar-refractivity contribution in [2.45, 2.75) is 25.3 Å². The zero-order valence-corrected chi connectivity index (χ0v) is 15.8. The van der Waals surface area contributed by atoms with E-state index in [1.807, 2.05) is 6.92 Å². The fraction of sp³-hybridized carbons (Fsp3) is 0.167. The molecule has 136 valence electrons. The highest BCUT2D eigenvalue weighted by Crippen LogP contribution is 2.22. The third-order valence-electron chi connectivity index (χ3n) is 3.89. The Hall–Kier alpha value is -2.38. The quantitative estimate of drug-likeness (QED) is 0.708. The van der Waals surface area contributed by atoms with Gasteiger partial charge in [-0.3, -0.25) is 9.40 Å². The van der Waals surface area contributed by atoms with Crippen molar-refractivity contribution in [2.24, 2.45) is 0 Å². The number of hydrogen-bond acceptors (Lipinski definition) is 3. The monoisotopic (exact) mass is 393 g/mol. The minimum Gasteiger partial charge on any atom is -0.276 e. The molecule has 0 aliphatic heterocycles. The first-order chi connectivity index (χ1) is 12.3. The Morgan fingerprint density at radius 3 is 2.69 bits per heavy atom. The van der Waals surface area contributed by atoms with E-state index in [2.05, 4.69) is 9.82 Å². The lowest BCUT2D eigenvalue weighted by molar-refractivity contribution is 0.585. The molecule has 0 atom stereocenters. The molecule has 3 aromatic rings. The largest absolute Gasteiger partial charge is 0.276 e. The molecule has 0 fully saturated rings. The van der Waals surface area contributed by atoms with Gasteiger partial charge in [-0.2, -0.15) is 5.10 Å². The van der Waals surface area contributed by atoms with Gasteiger partial charge in [0.05, 0.1) is 23.3 Å². The molecular formula is C18H17ClFN3O2S. The second-order valence-corrected chi connectivity index (χ2v) is 8.06. The van der Waals surface area contributed by atoms with Crippen LogP contribution in [-0.2, 0) is 16.6 Å². The summed E-state index contributed by atoms with van der Waals surface area (Å²) in [5.74, 6) is -0.439. The maximum absolute atomic E-state index is 13.9. The molecule has 0 aliphatic rings. The highest BCUT2D eigenvalue weighted by atomic mass is 35.5. The Morgan fingerprint density at radius 1 is 1.23 bits per heavy atom. The van der Waals surface area contributed by atoms with Crippen molar-refractivity contribution >= 4 is 27.3 Å². The van der Waals surface area contributed by atoms with Crippen molar-refractivity contribution in [2.75, 3.05) is 4.72 Å². The first kappa shape index (κ1) is 18.4. The fourth-order valence-corrected chi connectivity index (χ4v) is 4.14. The van der Waals surface area contributed by atoms with Gasteiger partial charge in [0.25, 0.3) is 10.0 Å². The number of hydrogen-bond donors (Lipinski definition) is 1. The predicted octanol–water partition coefficient (Wildman–Crippen LogP) is 4.14. The lowest BCUT2D eigenvalue weighted by Crippen LogP contribution is -2.14. The van der Waals surface area contributed by atoms with Crippen LogP contribution in [-0.4, -0.2) is 18.2 Å². The summed E-state index contributed by atoms with van der Waals surface area (Å²) in [4.78, 5) is 0.202. The number of rotatable bonds is 5. The molecule has 0 spiro atoms. The van der Waals surface area contributed by atoms with Crippen molar-refractivity contribution < 1.29 is 12.8 Å². The summed E-state index contributed by atoms with van der Waals surface area (Å²) in [5, 5.41) is 4.36. The van der Waals surface area contributed by atoms with Gasteiger partial charge in [-0.25, -0.2) is 12.8 Å². The molecule has 3 rings (SSSR count). The summed E-state index contributed by atoms with van der Waals surface area (Å²) in [6, 6.07) is 9.54. The van der Waals surface area contributed by atoms with E-state index in [0.717, 1.165) is 5.56 Å². The topological polar surface area (TPSA) is 64.0 Å². The van der Waals surface area contributed by atoms with Crippen molar-refractivity contribution in [1.29, 1.82) is 0 Å². The molecule has 0 amide bonds. The third kappa shape index (κ3) is 3.89. The first-order valence-electron chi connectivity index (χ1n) is 7.82. The van der Waals surface area contributed by atoms with Gasteiger partial charge in [0.15, 0.2) is 0 Å². The Balaban J connectivity index is 1.82. The van der Waals surface area contributed by atoms with E-state index < -0.39 is 15.8 Å². The van der Waals surface area contributed by atoms with Gasteiger partial charge >= 0.3 is 0 Å². The molecule has 2 aromatic carbocycles. The summed E-state index contributed by atoms with van der Waals surface area (Å²) < 4.78 is 42.9. The normalized spacial score (nSPS) is 11.5. The van der Waals surface area contributed by atoms with Gasteiger partial charge in [-0.15, -0.1) is 0 Å². The van der Waals surface area contributed by atoms with Crippen LogP contribution >= 0.6 is 11.6 Å². The van der Waals surface area contributed by atoms with Gasteiger partial charge in [0.2, 0.25) is 0 Å². The predicted molar refractivity (Wildman–Crippen MR) is 99.5 cm³/mol. The van der Waals surface area contributed by atoms with Gasteiger partial charge < -0.3 is 0 Å². The number of aromatic nitrogens is 2. The van der Waals surface area contributed by atoms with Gasteiger partial charge in [0.1, 0.15) is 5.82 Å². The van der Waals surface area contributed by atoms with Crippen LogP contribution in [0.3, 0.4) is 0 Å². The zero-order valence-electron chi connectivity index (χ0n) is 14.2. The average Bonchev–Trinajstić information content (AvgIpc) is 2.97. The van der Waals surface area contributed by atoms with Crippen LogP contribution in [0.4, 0.5) is 10.1 Å². The molecule has 0 bridgehead atoms. The summed E-state index contributed by atoms with van der Waals surface area (Å²) in [7, 11) is -3.74. The molecular weight excluding hydrogens is 377 g/mol. The maximum atomic E-state index is 13.9. The number of aryl methyl sites for hydroxylation is 2. The van der Waals surface area contributed by atoms with Crippen LogP contribution in [0.5, 0.6) is 0 Å². The molecule has 26 heavy (non-hydrogen) atoms. The van der Waals surface area contributed by atoms with Gasteiger partial charge in [0, 0.05) is 16.8 Å². The molecule has 0 saturated heterocycles. The van der Waals surface area contributed by atoms with Crippen LogP contribution in [0.15, 0.2) is 53.7 Å². The molecule has 0 radical (unpaired) electrons. The van der Waals surface area contributed by atoms with E-state index in [0.29, 0.717) is 11.1 Å². The van der Waals surface area contributed by atoms with Gasteiger partial charge in [-0.05, 0) is 37.6 Å². The number of benzene rings is 2. The summed E-state index contributed by atoms with van der Waals surface area (Å²) in [5.41, 5.74) is 2.22. The molecule has 1 heterocycles. The van der Waals surface area contributed by atoms with E-state index in [4.69, 9.17) is 11.6 Å². The molecule has 1 N–H and O–H groups in total. The fourth-order valence-electron chi connectivity index (χ4n) is 2.66. The SMILES string of the molecule is Cc1ccc(S(=O)(=O)Nc2cnn(Cc3c(F)cccc3Cl)c2)c(C)c1. The molecule has 0 saturated carbocycles. The Bertz CT molecular complexity index is 1040. The number of nitrogens with one attached hydrogen (secondary N) is 1.